The van der Waals surface area contributed by atoms with E-state index in [1.807, 2.05) is 42.5 Å². The molecule has 0 aromatic heterocycles. The van der Waals surface area contributed by atoms with Gasteiger partial charge in [-0.2, -0.15) is 0 Å². The first kappa shape index (κ1) is 23.1. The van der Waals surface area contributed by atoms with E-state index in [1.54, 1.807) is 0 Å². The molecule has 3 N–H and O–H groups in total. The number of aryl methyl sites for hydroxylation is 2. The fourth-order valence-electron chi connectivity index (χ4n) is 2.60. The maximum absolute atomic E-state index is 12.0. The molecule has 1 atom stereocenters. The van der Waals surface area contributed by atoms with Crippen molar-refractivity contribution in [3.05, 3.63) is 65.7 Å². The molecule has 0 saturated heterocycles. The van der Waals surface area contributed by atoms with E-state index < -0.39 is 15.9 Å². The molecule has 0 fully saturated rings. The molecule has 0 aliphatic heterocycles. The zero-order valence-electron chi connectivity index (χ0n) is 15.4. The fourth-order valence-corrected chi connectivity index (χ4v) is 3.29. The lowest BCUT2D eigenvalue weighted by atomic mass is 10.0. The third-order valence-electron chi connectivity index (χ3n) is 4.13. The van der Waals surface area contributed by atoms with Crippen LogP contribution in [0.15, 0.2) is 54.6 Å². The first-order chi connectivity index (χ1) is 12.3. The van der Waals surface area contributed by atoms with Crippen molar-refractivity contribution in [2.45, 2.75) is 31.7 Å². The molecule has 5 nitrogen and oxygen atoms in total. The van der Waals surface area contributed by atoms with Gasteiger partial charge in [0.1, 0.15) is 9.84 Å². The number of amides is 1. The second-order valence-electron chi connectivity index (χ2n) is 6.55. The Morgan fingerprint density at radius 2 is 1.56 bits per heavy atom. The highest BCUT2D eigenvalue weighted by molar-refractivity contribution is 7.90. The lowest BCUT2D eigenvalue weighted by molar-refractivity contribution is -0.117. The summed E-state index contributed by atoms with van der Waals surface area (Å²) in [4.78, 5) is 12.0. The average Bonchev–Trinajstić information content (AvgIpc) is 2.61. The van der Waals surface area contributed by atoms with Crippen molar-refractivity contribution in [1.82, 2.24) is 0 Å². The van der Waals surface area contributed by atoms with Crippen LogP contribution in [0.4, 0.5) is 5.69 Å². The van der Waals surface area contributed by atoms with Crippen molar-refractivity contribution in [2.24, 2.45) is 5.73 Å². The van der Waals surface area contributed by atoms with E-state index in [4.69, 9.17) is 5.73 Å². The average molecular weight is 411 g/mol. The van der Waals surface area contributed by atoms with Crippen molar-refractivity contribution in [3.63, 3.8) is 0 Å². The number of nitrogens with one attached hydrogen (secondary N) is 1. The molecule has 2 rings (SSSR count). The van der Waals surface area contributed by atoms with Gasteiger partial charge in [-0.1, -0.05) is 42.5 Å². The molecule has 27 heavy (non-hydrogen) atoms. The van der Waals surface area contributed by atoms with Crippen molar-refractivity contribution in [1.29, 1.82) is 0 Å². The van der Waals surface area contributed by atoms with Gasteiger partial charge in [0, 0.05) is 11.9 Å². The number of rotatable bonds is 9. The predicted octanol–water partition coefficient (Wildman–Crippen LogP) is 2.98. The van der Waals surface area contributed by atoms with Crippen LogP contribution < -0.4 is 11.1 Å². The van der Waals surface area contributed by atoms with Crippen LogP contribution in [-0.4, -0.2) is 32.4 Å². The van der Waals surface area contributed by atoms with Gasteiger partial charge in [0.15, 0.2) is 0 Å². The van der Waals surface area contributed by atoms with Gasteiger partial charge in [-0.15, -0.1) is 12.4 Å². The number of hydrogen-bond donors (Lipinski definition) is 2. The standard InChI is InChI=1S/C20H26N2O3S.ClH/c1-26(24,25)15-14-19(21)20(23)22-18-12-10-17(11-13-18)9-5-8-16-6-3-2-4-7-16;/h2-4,6-7,10-13,19H,5,8-9,14-15,21H2,1H3,(H,22,23);1H. The van der Waals surface area contributed by atoms with Crippen LogP contribution >= 0.6 is 12.4 Å². The molecule has 7 heteroatoms. The van der Waals surface area contributed by atoms with E-state index in [9.17, 15) is 13.2 Å². The first-order valence-corrected chi connectivity index (χ1v) is 10.8. The Morgan fingerprint density at radius 3 is 2.11 bits per heavy atom. The van der Waals surface area contributed by atoms with Gasteiger partial charge < -0.3 is 11.1 Å². The number of carbonyl (C=O) groups is 1. The van der Waals surface area contributed by atoms with Gasteiger partial charge in [0.2, 0.25) is 5.91 Å². The number of nitrogens with two attached hydrogens (primary N) is 1. The number of anilines is 1. The van der Waals surface area contributed by atoms with Gasteiger partial charge in [0.25, 0.3) is 0 Å². The summed E-state index contributed by atoms with van der Waals surface area (Å²) in [6.45, 7) is 0. The van der Waals surface area contributed by atoms with Gasteiger partial charge >= 0.3 is 0 Å². The Morgan fingerprint density at radius 1 is 1.00 bits per heavy atom. The molecule has 2 aromatic rings. The summed E-state index contributed by atoms with van der Waals surface area (Å²) in [5.41, 5.74) is 8.95. The van der Waals surface area contributed by atoms with E-state index in [0.717, 1.165) is 25.5 Å². The smallest absolute Gasteiger partial charge is 0.241 e. The van der Waals surface area contributed by atoms with Crippen LogP contribution in [0, 0.1) is 0 Å². The molecule has 0 saturated carbocycles. The van der Waals surface area contributed by atoms with Crippen LogP contribution in [0.1, 0.15) is 24.0 Å². The number of carbonyl (C=O) groups excluding carboxylic acids is 1. The highest BCUT2D eigenvalue weighted by atomic mass is 35.5. The summed E-state index contributed by atoms with van der Waals surface area (Å²) in [6.07, 6.45) is 4.31. The Kier molecular flexibility index (Phi) is 9.49. The van der Waals surface area contributed by atoms with Gasteiger partial charge in [-0.25, -0.2) is 8.42 Å². The maximum Gasteiger partial charge on any atom is 0.241 e. The minimum absolute atomic E-state index is 0. The van der Waals surface area contributed by atoms with E-state index in [2.05, 4.69) is 17.4 Å². The second kappa shape index (κ2) is 11.1. The molecule has 0 bridgehead atoms. The van der Waals surface area contributed by atoms with Crippen LogP contribution in [0.3, 0.4) is 0 Å². The van der Waals surface area contributed by atoms with E-state index in [1.165, 1.54) is 11.1 Å². The van der Waals surface area contributed by atoms with E-state index >= 15 is 0 Å². The molecule has 0 radical (unpaired) electrons. The maximum atomic E-state index is 12.0. The quantitative estimate of drug-likeness (QED) is 0.665. The van der Waals surface area contributed by atoms with Crippen molar-refractivity contribution in [2.75, 3.05) is 17.3 Å². The normalized spacial score (nSPS) is 12.1. The predicted molar refractivity (Wildman–Crippen MR) is 113 cm³/mol. The molecule has 1 unspecified atom stereocenters. The number of halogens is 1. The monoisotopic (exact) mass is 410 g/mol. The van der Waals surface area contributed by atoms with Crippen molar-refractivity contribution >= 4 is 33.8 Å². The Hall–Kier alpha value is -1.89. The van der Waals surface area contributed by atoms with Crippen LogP contribution in [0.2, 0.25) is 0 Å². The van der Waals surface area contributed by atoms with Crippen molar-refractivity contribution < 1.29 is 13.2 Å². The zero-order valence-corrected chi connectivity index (χ0v) is 17.1. The minimum atomic E-state index is -3.12. The summed E-state index contributed by atoms with van der Waals surface area (Å²) in [5, 5.41) is 2.73. The van der Waals surface area contributed by atoms with Crippen LogP contribution in [-0.2, 0) is 27.5 Å². The minimum Gasteiger partial charge on any atom is -0.325 e. The third-order valence-corrected chi connectivity index (χ3v) is 5.11. The molecule has 0 aliphatic carbocycles. The lowest BCUT2D eigenvalue weighted by Crippen LogP contribution is -2.37. The summed E-state index contributed by atoms with van der Waals surface area (Å²) in [7, 11) is -3.12. The second-order valence-corrected chi connectivity index (χ2v) is 8.81. The number of hydrogen-bond acceptors (Lipinski definition) is 4. The SMILES string of the molecule is CS(=O)(=O)CCC(N)C(=O)Nc1ccc(CCCc2ccccc2)cc1.Cl. The number of benzene rings is 2. The topological polar surface area (TPSA) is 89.3 Å². The largest absolute Gasteiger partial charge is 0.325 e. The zero-order chi connectivity index (χ0) is 19.0. The highest BCUT2D eigenvalue weighted by Crippen LogP contribution is 2.13. The Balaban J connectivity index is 0.00000364. The molecule has 148 valence electrons. The molecular formula is C20H27ClN2O3S. The molecule has 0 spiro atoms. The third kappa shape index (κ3) is 9.04. The Labute approximate surface area is 167 Å². The first-order valence-electron chi connectivity index (χ1n) is 8.70. The van der Waals surface area contributed by atoms with Gasteiger partial charge in [-0.3, -0.25) is 4.79 Å². The molecule has 2 aromatic carbocycles. The van der Waals surface area contributed by atoms with Crippen molar-refractivity contribution in [3.8, 4) is 0 Å². The van der Waals surface area contributed by atoms with Gasteiger partial charge in [0.05, 0.1) is 11.8 Å². The van der Waals surface area contributed by atoms with Crippen LogP contribution in [0.25, 0.3) is 0 Å². The number of sulfone groups is 1. The van der Waals surface area contributed by atoms with E-state index in [0.29, 0.717) is 5.69 Å². The fraction of sp³-hybridized carbons (Fsp3) is 0.350. The lowest BCUT2D eigenvalue weighted by Gasteiger charge is -2.12. The molecule has 1 amide bonds. The molecule has 0 heterocycles. The summed E-state index contributed by atoms with van der Waals surface area (Å²) < 4.78 is 22.3. The molecular weight excluding hydrogens is 384 g/mol. The van der Waals surface area contributed by atoms with E-state index in [-0.39, 0.29) is 30.5 Å². The highest BCUT2D eigenvalue weighted by Gasteiger charge is 2.16. The molecule has 0 aliphatic rings. The summed E-state index contributed by atoms with van der Waals surface area (Å²) in [5.74, 6) is -0.465. The van der Waals surface area contributed by atoms with Crippen LogP contribution in [0.5, 0.6) is 0 Å². The van der Waals surface area contributed by atoms with Gasteiger partial charge in [-0.05, 0) is 48.9 Å². The Bertz CT molecular complexity index is 809. The summed E-state index contributed by atoms with van der Waals surface area (Å²) in [6, 6.07) is 17.2. The summed E-state index contributed by atoms with van der Waals surface area (Å²) >= 11 is 0.